The number of rotatable bonds is 5. The molecule has 0 rings (SSSR count). The summed E-state index contributed by atoms with van der Waals surface area (Å²) in [5, 5.41) is 17.1. The van der Waals surface area contributed by atoms with E-state index in [-0.39, 0.29) is 6.42 Å². The van der Waals surface area contributed by atoms with Crippen LogP contribution in [0.1, 0.15) is 26.2 Å². The van der Waals surface area contributed by atoms with Crippen LogP contribution >= 0.6 is 24.4 Å². The van der Waals surface area contributed by atoms with Gasteiger partial charge >= 0.3 is 0 Å². The van der Waals surface area contributed by atoms with Gasteiger partial charge in [0.15, 0.2) is 6.29 Å². The first-order valence-corrected chi connectivity index (χ1v) is 4.27. The lowest BCUT2D eigenvalue weighted by atomic mass is 10.1. The Morgan fingerprint density at radius 2 is 1.82 bits per heavy atom. The van der Waals surface area contributed by atoms with Crippen LogP contribution in [0.25, 0.3) is 0 Å². The summed E-state index contributed by atoms with van der Waals surface area (Å²) in [5.74, 6) is 0. The van der Waals surface area contributed by atoms with Crippen molar-refractivity contribution in [3.63, 3.8) is 0 Å². The van der Waals surface area contributed by atoms with E-state index in [0.29, 0.717) is 11.3 Å². The van der Waals surface area contributed by atoms with Gasteiger partial charge in [0, 0.05) is 17.7 Å². The molecule has 0 amide bonds. The minimum absolute atomic E-state index is 0.148. The number of hydrogen-bond donors (Lipinski definition) is 2. The summed E-state index contributed by atoms with van der Waals surface area (Å²) < 4.78 is 0. The summed E-state index contributed by atoms with van der Waals surface area (Å²) in [6.45, 7) is 1.96. The van der Waals surface area contributed by atoms with E-state index < -0.39 is 6.29 Å². The number of aliphatic hydroxyl groups excluding tert-OH is 1. The average molecular weight is 192 g/mol. The van der Waals surface area contributed by atoms with Gasteiger partial charge in [-0.25, -0.2) is 0 Å². The lowest BCUT2D eigenvalue weighted by Crippen LogP contribution is -2.12. The largest absolute Gasteiger partial charge is 0.368 e. The lowest BCUT2D eigenvalue weighted by molar-refractivity contribution is -0.0323. The van der Waals surface area contributed by atoms with Crippen molar-refractivity contribution in [2.45, 2.75) is 32.5 Å². The van der Waals surface area contributed by atoms with Gasteiger partial charge in [-0.2, -0.15) is 0 Å². The predicted octanol–water partition coefficient (Wildman–Crippen LogP) is 1.23. The Kier molecular flexibility index (Phi) is 5.76. The maximum atomic E-state index is 8.53. The molecule has 2 N–H and O–H groups in total. The summed E-state index contributed by atoms with van der Waals surface area (Å²) >= 11 is 9.80. The standard InChI is InChI=1S/C7H12O2S2/c1-2-5(10)3-6(11)4-7(8)9/h7-9H,2-4H2,1H3. The van der Waals surface area contributed by atoms with Gasteiger partial charge < -0.3 is 10.2 Å². The molecule has 64 valence electrons. The Morgan fingerprint density at radius 1 is 1.27 bits per heavy atom. The normalized spacial score (nSPS) is 10.2. The Hall–Kier alpha value is 0.100. The molecule has 0 saturated carbocycles. The third-order valence-corrected chi connectivity index (χ3v) is 1.94. The highest BCUT2D eigenvalue weighted by atomic mass is 32.1. The second kappa shape index (κ2) is 5.71. The first kappa shape index (κ1) is 11.1. The van der Waals surface area contributed by atoms with Gasteiger partial charge in [0.25, 0.3) is 0 Å². The molecule has 0 bridgehead atoms. The highest BCUT2D eigenvalue weighted by Crippen LogP contribution is 2.01. The molecule has 0 unspecified atom stereocenters. The summed E-state index contributed by atoms with van der Waals surface area (Å²) in [7, 11) is 0. The summed E-state index contributed by atoms with van der Waals surface area (Å²) in [4.78, 5) is 1.49. The van der Waals surface area contributed by atoms with Crippen LogP contribution < -0.4 is 0 Å². The first-order valence-electron chi connectivity index (χ1n) is 3.45. The van der Waals surface area contributed by atoms with E-state index in [9.17, 15) is 0 Å². The predicted molar refractivity (Wildman–Crippen MR) is 52.9 cm³/mol. The number of hydrogen-bond acceptors (Lipinski definition) is 4. The first-order chi connectivity index (χ1) is 5.06. The van der Waals surface area contributed by atoms with Crippen molar-refractivity contribution in [1.29, 1.82) is 0 Å². The van der Waals surface area contributed by atoms with Crippen LogP contribution in [-0.2, 0) is 0 Å². The van der Waals surface area contributed by atoms with E-state index in [1.807, 2.05) is 6.92 Å². The molecule has 0 aliphatic carbocycles. The smallest absolute Gasteiger partial charge is 0.156 e. The molecule has 4 heteroatoms. The molecule has 2 nitrogen and oxygen atoms in total. The maximum Gasteiger partial charge on any atom is 0.156 e. The van der Waals surface area contributed by atoms with Crippen LogP contribution in [-0.4, -0.2) is 26.2 Å². The zero-order valence-electron chi connectivity index (χ0n) is 6.41. The minimum atomic E-state index is -1.33. The molecule has 0 aromatic carbocycles. The molecule has 0 aliphatic rings. The second-order valence-electron chi connectivity index (χ2n) is 2.29. The molecule has 0 aromatic heterocycles. The fourth-order valence-corrected chi connectivity index (χ4v) is 1.21. The van der Waals surface area contributed by atoms with Crippen molar-refractivity contribution in [3.05, 3.63) is 0 Å². The molecular formula is C7H12O2S2. The van der Waals surface area contributed by atoms with Crippen molar-refractivity contribution in [3.8, 4) is 0 Å². The lowest BCUT2D eigenvalue weighted by Gasteiger charge is -2.04. The molecular weight excluding hydrogens is 180 g/mol. The molecule has 0 aromatic rings. The summed E-state index contributed by atoms with van der Waals surface area (Å²) in [6, 6.07) is 0. The summed E-state index contributed by atoms with van der Waals surface area (Å²) in [5.41, 5.74) is 0. The van der Waals surface area contributed by atoms with E-state index >= 15 is 0 Å². The average Bonchev–Trinajstić information content (AvgIpc) is 1.85. The quantitative estimate of drug-likeness (QED) is 0.508. The zero-order chi connectivity index (χ0) is 8.85. The number of thiocarbonyl (C=S) groups is 2. The molecule has 0 radical (unpaired) electrons. The molecule has 0 heterocycles. The van der Waals surface area contributed by atoms with Gasteiger partial charge in [-0.1, -0.05) is 31.4 Å². The van der Waals surface area contributed by atoms with Crippen molar-refractivity contribution >= 4 is 34.2 Å². The topological polar surface area (TPSA) is 40.5 Å². The van der Waals surface area contributed by atoms with Crippen LogP contribution in [0, 0.1) is 0 Å². The van der Waals surface area contributed by atoms with Gasteiger partial charge in [-0.05, 0) is 11.3 Å². The molecule has 0 saturated heterocycles. The Morgan fingerprint density at radius 3 is 2.18 bits per heavy atom. The molecule has 0 atom stereocenters. The highest BCUT2D eigenvalue weighted by molar-refractivity contribution is 7.82. The maximum absolute atomic E-state index is 8.53. The third-order valence-electron chi connectivity index (χ3n) is 1.20. The fourth-order valence-electron chi connectivity index (χ4n) is 0.621. The van der Waals surface area contributed by atoms with Gasteiger partial charge in [0.2, 0.25) is 0 Å². The third kappa shape index (κ3) is 6.50. The Balaban J connectivity index is 3.61. The SMILES string of the molecule is CCC(=S)CC(=S)CC(O)O. The Labute approximate surface area is 77.2 Å². The van der Waals surface area contributed by atoms with Gasteiger partial charge in [0.05, 0.1) is 0 Å². The van der Waals surface area contributed by atoms with Crippen molar-refractivity contribution in [2.75, 3.05) is 0 Å². The number of aliphatic hydroxyl groups is 2. The van der Waals surface area contributed by atoms with E-state index in [2.05, 4.69) is 0 Å². The van der Waals surface area contributed by atoms with Crippen LogP contribution in [0.5, 0.6) is 0 Å². The van der Waals surface area contributed by atoms with E-state index in [4.69, 9.17) is 34.6 Å². The van der Waals surface area contributed by atoms with Crippen LogP contribution in [0.3, 0.4) is 0 Å². The molecule has 11 heavy (non-hydrogen) atoms. The van der Waals surface area contributed by atoms with Crippen molar-refractivity contribution < 1.29 is 10.2 Å². The van der Waals surface area contributed by atoms with E-state index in [1.165, 1.54) is 0 Å². The van der Waals surface area contributed by atoms with Gasteiger partial charge in [-0.3, -0.25) is 0 Å². The minimum Gasteiger partial charge on any atom is -0.368 e. The fraction of sp³-hybridized carbons (Fsp3) is 0.714. The van der Waals surface area contributed by atoms with Crippen molar-refractivity contribution in [2.24, 2.45) is 0 Å². The highest BCUT2D eigenvalue weighted by Gasteiger charge is 2.04. The van der Waals surface area contributed by atoms with Crippen LogP contribution in [0.15, 0.2) is 0 Å². The molecule has 0 fully saturated rings. The van der Waals surface area contributed by atoms with Gasteiger partial charge in [-0.15, -0.1) is 0 Å². The summed E-state index contributed by atoms with van der Waals surface area (Å²) in [6.07, 6.45) is 0.188. The van der Waals surface area contributed by atoms with Crippen molar-refractivity contribution in [1.82, 2.24) is 0 Å². The second-order valence-corrected chi connectivity index (χ2v) is 3.45. The monoisotopic (exact) mass is 192 g/mol. The Bertz CT molecular complexity index is 155. The van der Waals surface area contributed by atoms with Crippen LogP contribution in [0.2, 0.25) is 0 Å². The van der Waals surface area contributed by atoms with Gasteiger partial charge in [0.1, 0.15) is 0 Å². The van der Waals surface area contributed by atoms with Crippen LogP contribution in [0.4, 0.5) is 0 Å². The van der Waals surface area contributed by atoms with E-state index in [1.54, 1.807) is 0 Å². The molecule has 0 spiro atoms. The molecule has 0 aliphatic heterocycles. The van der Waals surface area contributed by atoms with E-state index in [0.717, 1.165) is 11.3 Å². The zero-order valence-corrected chi connectivity index (χ0v) is 8.04.